The van der Waals surface area contributed by atoms with Crippen molar-refractivity contribution in [1.29, 1.82) is 5.26 Å². The number of nitrogens with zero attached hydrogens (tertiary/aromatic N) is 1. The highest BCUT2D eigenvalue weighted by atomic mass is 35.5. The Morgan fingerprint density at radius 2 is 1.95 bits per heavy atom. The van der Waals surface area contributed by atoms with Crippen LogP contribution >= 0.6 is 11.6 Å². The van der Waals surface area contributed by atoms with Gasteiger partial charge in [-0.1, -0.05) is 23.6 Å². The minimum Gasteiger partial charge on any atom is -0.280 e. The van der Waals surface area contributed by atoms with Crippen molar-refractivity contribution in [2.24, 2.45) is 0 Å². The summed E-state index contributed by atoms with van der Waals surface area (Å²) in [6, 6.07) is 12.2. The first-order valence-corrected chi connectivity index (χ1v) is 7.61. The lowest BCUT2D eigenvalue weighted by molar-refractivity contribution is 0.601. The van der Waals surface area contributed by atoms with E-state index in [9.17, 15) is 8.42 Å². The van der Waals surface area contributed by atoms with E-state index in [1.165, 1.54) is 18.2 Å². The lowest BCUT2D eigenvalue weighted by Crippen LogP contribution is -2.13. The second-order valence-electron chi connectivity index (χ2n) is 4.08. The monoisotopic (exact) mass is 316 g/mol. The van der Waals surface area contributed by atoms with Gasteiger partial charge in [0.25, 0.3) is 10.0 Å². The fourth-order valence-electron chi connectivity index (χ4n) is 1.64. The van der Waals surface area contributed by atoms with Crippen molar-refractivity contribution < 1.29 is 8.42 Å². The van der Waals surface area contributed by atoms with Crippen LogP contribution in [0.4, 0.5) is 5.69 Å². The van der Waals surface area contributed by atoms with E-state index in [2.05, 4.69) is 10.6 Å². The zero-order valence-electron chi connectivity index (χ0n) is 10.7. The first kappa shape index (κ1) is 14.9. The van der Waals surface area contributed by atoms with E-state index in [1.807, 2.05) is 6.07 Å². The van der Waals surface area contributed by atoms with Gasteiger partial charge in [-0.15, -0.1) is 6.42 Å². The number of terminal acetylenes is 1. The lowest BCUT2D eigenvalue weighted by atomic mass is 10.2. The van der Waals surface area contributed by atoms with E-state index < -0.39 is 10.0 Å². The van der Waals surface area contributed by atoms with E-state index >= 15 is 0 Å². The van der Waals surface area contributed by atoms with Crippen molar-refractivity contribution in [3.63, 3.8) is 0 Å². The van der Waals surface area contributed by atoms with Gasteiger partial charge in [-0.2, -0.15) is 5.26 Å². The summed E-state index contributed by atoms with van der Waals surface area (Å²) in [6.45, 7) is 0. The van der Waals surface area contributed by atoms with E-state index in [0.717, 1.165) is 0 Å². The smallest absolute Gasteiger partial charge is 0.261 e. The van der Waals surface area contributed by atoms with E-state index in [4.69, 9.17) is 23.3 Å². The van der Waals surface area contributed by atoms with Crippen molar-refractivity contribution in [3.8, 4) is 18.4 Å². The Bertz CT molecular complexity index is 877. The minimum atomic E-state index is -3.80. The summed E-state index contributed by atoms with van der Waals surface area (Å²) in [4.78, 5) is -0.0300. The Morgan fingerprint density at radius 3 is 2.57 bits per heavy atom. The van der Waals surface area contributed by atoms with Gasteiger partial charge in [0.2, 0.25) is 0 Å². The summed E-state index contributed by atoms with van der Waals surface area (Å²) >= 11 is 5.84. The third kappa shape index (κ3) is 3.35. The van der Waals surface area contributed by atoms with Gasteiger partial charge < -0.3 is 0 Å². The third-order valence-electron chi connectivity index (χ3n) is 2.65. The number of hydrogen-bond donors (Lipinski definition) is 1. The van der Waals surface area contributed by atoms with Crippen LogP contribution in [-0.4, -0.2) is 8.42 Å². The highest BCUT2D eigenvalue weighted by molar-refractivity contribution is 7.92. The molecule has 0 bridgehead atoms. The molecule has 6 heteroatoms. The molecule has 1 N–H and O–H groups in total. The predicted molar refractivity (Wildman–Crippen MR) is 81.4 cm³/mol. The van der Waals surface area contributed by atoms with Crippen molar-refractivity contribution in [2.45, 2.75) is 4.90 Å². The summed E-state index contributed by atoms with van der Waals surface area (Å²) in [5.41, 5.74) is 1.13. The Morgan fingerprint density at radius 1 is 1.19 bits per heavy atom. The first-order chi connectivity index (χ1) is 9.96. The van der Waals surface area contributed by atoms with E-state index in [1.54, 1.807) is 24.3 Å². The van der Waals surface area contributed by atoms with Crippen LogP contribution in [0.15, 0.2) is 47.4 Å². The number of nitriles is 1. The van der Waals surface area contributed by atoms with Crippen LogP contribution in [0.2, 0.25) is 5.02 Å². The zero-order valence-corrected chi connectivity index (χ0v) is 12.2. The fourth-order valence-corrected chi connectivity index (χ4v) is 3.00. The van der Waals surface area contributed by atoms with Gasteiger partial charge in [-0.05, 0) is 36.4 Å². The van der Waals surface area contributed by atoms with Crippen molar-refractivity contribution in [2.75, 3.05) is 4.72 Å². The molecule has 0 spiro atoms. The van der Waals surface area contributed by atoms with Crippen LogP contribution in [0.25, 0.3) is 0 Å². The second-order valence-corrected chi connectivity index (χ2v) is 6.17. The van der Waals surface area contributed by atoms with Gasteiger partial charge >= 0.3 is 0 Å². The molecule has 0 saturated heterocycles. The van der Waals surface area contributed by atoms with Crippen LogP contribution in [0, 0.1) is 23.7 Å². The molecule has 0 saturated carbocycles. The van der Waals surface area contributed by atoms with Gasteiger partial charge in [0.1, 0.15) is 6.07 Å². The van der Waals surface area contributed by atoms with Crippen LogP contribution in [-0.2, 0) is 10.0 Å². The Hall–Kier alpha value is -2.47. The maximum absolute atomic E-state index is 12.2. The number of nitrogens with one attached hydrogen (secondary N) is 1. The molecule has 0 aliphatic carbocycles. The maximum Gasteiger partial charge on any atom is 0.261 e. The number of halogens is 1. The molecule has 0 aliphatic rings. The molecule has 0 heterocycles. The van der Waals surface area contributed by atoms with Gasteiger partial charge in [0, 0.05) is 5.56 Å². The van der Waals surface area contributed by atoms with Gasteiger partial charge in [-0.25, -0.2) is 8.42 Å². The van der Waals surface area contributed by atoms with Gasteiger partial charge in [-0.3, -0.25) is 4.72 Å². The number of rotatable bonds is 3. The molecule has 21 heavy (non-hydrogen) atoms. The van der Waals surface area contributed by atoms with Crippen LogP contribution < -0.4 is 4.72 Å². The Balaban J connectivity index is 2.37. The molecule has 0 fully saturated rings. The number of hydrogen-bond acceptors (Lipinski definition) is 3. The Kier molecular flexibility index (Phi) is 4.18. The minimum absolute atomic E-state index is 0.0300. The molecule has 2 aromatic rings. The molecular formula is C15H9ClN2O2S. The molecule has 0 unspecified atom stereocenters. The average Bonchev–Trinajstić information content (AvgIpc) is 2.47. The molecule has 0 aromatic heterocycles. The predicted octanol–water partition coefficient (Wildman–Crippen LogP) is 2.99. The first-order valence-electron chi connectivity index (χ1n) is 5.75. The molecule has 104 valence electrons. The van der Waals surface area contributed by atoms with Crippen LogP contribution in [0.3, 0.4) is 0 Å². The molecule has 4 nitrogen and oxygen atoms in total. The molecule has 0 radical (unpaired) electrons. The molecule has 2 rings (SSSR count). The number of benzene rings is 2. The van der Waals surface area contributed by atoms with Gasteiger partial charge in [0.15, 0.2) is 0 Å². The molecule has 0 aliphatic heterocycles. The third-order valence-corrected chi connectivity index (χ3v) is 4.34. The quantitative estimate of drug-likeness (QED) is 0.885. The van der Waals surface area contributed by atoms with Crippen molar-refractivity contribution >= 4 is 27.3 Å². The van der Waals surface area contributed by atoms with Crippen LogP contribution in [0.5, 0.6) is 0 Å². The van der Waals surface area contributed by atoms with Crippen LogP contribution in [0.1, 0.15) is 11.1 Å². The van der Waals surface area contributed by atoms with E-state index in [0.29, 0.717) is 11.3 Å². The standard InChI is InChI=1S/C15H9ClN2O2S/c1-2-11-4-3-5-13(8-11)18-21(19,20)14-7-6-12(10-17)15(16)9-14/h1,3-9,18H. The average molecular weight is 317 g/mol. The summed E-state index contributed by atoms with van der Waals surface area (Å²) in [7, 11) is -3.80. The summed E-state index contributed by atoms with van der Waals surface area (Å²) < 4.78 is 26.9. The second kappa shape index (κ2) is 5.88. The number of anilines is 1. The SMILES string of the molecule is C#Cc1cccc(NS(=O)(=O)c2ccc(C#N)c(Cl)c2)c1. The normalized spacial score (nSPS) is 10.4. The molecular weight excluding hydrogens is 308 g/mol. The van der Waals surface area contributed by atoms with Crippen molar-refractivity contribution in [3.05, 3.63) is 58.6 Å². The highest BCUT2D eigenvalue weighted by Crippen LogP contribution is 2.22. The molecule has 0 amide bonds. The highest BCUT2D eigenvalue weighted by Gasteiger charge is 2.16. The maximum atomic E-state index is 12.2. The molecule has 0 atom stereocenters. The zero-order chi connectivity index (χ0) is 15.5. The summed E-state index contributed by atoms with van der Waals surface area (Å²) in [5, 5.41) is 8.87. The number of sulfonamides is 1. The fraction of sp³-hybridized carbons (Fsp3) is 0. The largest absolute Gasteiger partial charge is 0.280 e. The summed E-state index contributed by atoms with van der Waals surface area (Å²) in [5.74, 6) is 2.43. The van der Waals surface area contributed by atoms with E-state index in [-0.39, 0.29) is 15.5 Å². The molecule has 2 aromatic carbocycles. The summed E-state index contributed by atoms with van der Waals surface area (Å²) in [6.07, 6.45) is 5.27. The van der Waals surface area contributed by atoms with Crippen molar-refractivity contribution in [1.82, 2.24) is 0 Å². The van der Waals surface area contributed by atoms with Gasteiger partial charge in [0.05, 0.1) is 21.2 Å². The lowest BCUT2D eigenvalue weighted by Gasteiger charge is -2.09. The topological polar surface area (TPSA) is 70.0 Å². The Labute approximate surface area is 128 Å².